The van der Waals surface area contributed by atoms with E-state index in [2.05, 4.69) is 0 Å². The Kier molecular flexibility index (Phi) is 3.26. The van der Waals surface area contributed by atoms with Crippen LogP contribution in [0.2, 0.25) is 0 Å². The van der Waals surface area contributed by atoms with Crippen LogP contribution in [-0.4, -0.2) is 4.57 Å². The van der Waals surface area contributed by atoms with Gasteiger partial charge < -0.3 is 4.57 Å². The zero-order valence-corrected chi connectivity index (χ0v) is 11.6. The van der Waals surface area contributed by atoms with Gasteiger partial charge in [0.05, 0.1) is 0 Å². The second kappa shape index (κ2) is 4.74. The summed E-state index contributed by atoms with van der Waals surface area (Å²) in [4.78, 5) is 12.2. The first-order chi connectivity index (χ1) is 8.95. The summed E-state index contributed by atoms with van der Waals surface area (Å²) in [6.07, 6.45) is 0. The van der Waals surface area contributed by atoms with Crippen LogP contribution in [0.25, 0.3) is 11.1 Å². The third-order valence-electron chi connectivity index (χ3n) is 3.47. The Balaban J connectivity index is 2.87. The van der Waals surface area contributed by atoms with Gasteiger partial charge in [-0.15, -0.1) is 0 Å². The molecule has 0 aliphatic carbocycles. The van der Waals surface area contributed by atoms with Crippen molar-refractivity contribution in [2.45, 2.75) is 20.8 Å². The fraction of sp³-hybridized carbons (Fsp3) is 0.250. The van der Waals surface area contributed by atoms with Crippen molar-refractivity contribution in [1.82, 2.24) is 4.57 Å². The van der Waals surface area contributed by atoms with Crippen molar-refractivity contribution in [2.75, 3.05) is 0 Å². The average molecular weight is 252 g/mol. The number of nitrogens with zero attached hydrogens (tertiary/aromatic N) is 2. The highest BCUT2D eigenvalue weighted by atomic mass is 16.1. The van der Waals surface area contributed by atoms with Crippen molar-refractivity contribution in [3.8, 4) is 17.2 Å². The van der Waals surface area contributed by atoms with E-state index in [-0.39, 0.29) is 11.1 Å². The molecule has 3 nitrogen and oxygen atoms in total. The lowest BCUT2D eigenvalue weighted by Gasteiger charge is -2.12. The van der Waals surface area contributed by atoms with Gasteiger partial charge in [0.2, 0.25) is 0 Å². The molecule has 3 heteroatoms. The van der Waals surface area contributed by atoms with E-state index < -0.39 is 0 Å². The molecule has 0 saturated carbocycles. The maximum Gasteiger partial charge on any atom is 0.269 e. The van der Waals surface area contributed by atoms with Crippen molar-refractivity contribution in [2.24, 2.45) is 7.05 Å². The van der Waals surface area contributed by atoms with Crippen LogP contribution in [0.15, 0.2) is 29.1 Å². The van der Waals surface area contributed by atoms with E-state index in [4.69, 9.17) is 0 Å². The van der Waals surface area contributed by atoms with Crippen molar-refractivity contribution in [3.63, 3.8) is 0 Å². The fourth-order valence-corrected chi connectivity index (χ4v) is 2.17. The molecule has 0 aliphatic heterocycles. The molecule has 0 N–H and O–H groups in total. The summed E-state index contributed by atoms with van der Waals surface area (Å²) in [5.74, 6) is 0. The van der Waals surface area contributed by atoms with E-state index in [1.807, 2.05) is 51.1 Å². The second-order valence-corrected chi connectivity index (χ2v) is 4.87. The van der Waals surface area contributed by atoms with Gasteiger partial charge in [0.25, 0.3) is 5.56 Å². The van der Waals surface area contributed by atoms with Crippen molar-refractivity contribution < 1.29 is 0 Å². The topological polar surface area (TPSA) is 45.8 Å². The zero-order valence-electron chi connectivity index (χ0n) is 11.6. The molecule has 0 amide bonds. The number of pyridine rings is 1. The lowest BCUT2D eigenvalue weighted by atomic mass is 9.95. The minimum absolute atomic E-state index is 0.210. The van der Waals surface area contributed by atoms with E-state index in [1.54, 1.807) is 7.05 Å². The van der Waals surface area contributed by atoms with Crippen molar-refractivity contribution in [1.29, 1.82) is 5.26 Å². The summed E-state index contributed by atoms with van der Waals surface area (Å²) in [7, 11) is 1.69. The van der Waals surface area contributed by atoms with Gasteiger partial charge in [0.1, 0.15) is 11.6 Å². The number of aromatic nitrogens is 1. The Bertz CT molecular complexity index is 749. The number of hydrogen-bond donors (Lipinski definition) is 0. The Morgan fingerprint density at radius 3 is 2.42 bits per heavy atom. The molecule has 0 fully saturated rings. The Morgan fingerprint density at radius 1 is 1.11 bits per heavy atom. The molecular weight excluding hydrogens is 236 g/mol. The van der Waals surface area contributed by atoms with Gasteiger partial charge in [0, 0.05) is 18.3 Å². The van der Waals surface area contributed by atoms with E-state index in [9.17, 15) is 10.1 Å². The standard InChI is InChI=1S/C16H16N2O/c1-10-5-6-11(2)13(7-10)14-8-12(3)18(4)16(19)15(14)9-17/h5-8H,1-4H3. The minimum atomic E-state index is -0.238. The molecular formula is C16H16N2O. The highest BCUT2D eigenvalue weighted by Gasteiger charge is 2.14. The monoisotopic (exact) mass is 252 g/mol. The van der Waals surface area contributed by atoms with Gasteiger partial charge in [-0.3, -0.25) is 4.79 Å². The van der Waals surface area contributed by atoms with E-state index in [0.29, 0.717) is 0 Å². The number of rotatable bonds is 1. The number of aryl methyl sites for hydroxylation is 3. The van der Waals surface area contributed by atoms with Gasteiger partial charge in [-0.2, -0.15) is 5.26 Å². The number of hydrogen-bond acceptors (Lipinski definition) is 2. The molecule has 0 spiro atoms. The Labute approximate surface area is 112 Å². The summed E-state index contributed by atoms with van der Waals surface area (Å²) < 4.78 is 1.51. The molecule has 1 aromatic heterocycles. The lowest BCUT2D eigenvalue weighted by molar-refractivity contribution is 0.815. The highest BCUT2D eigenvalue weighted by Crippen LogP contribution is 2.26. The lowest BCUT2D eigenvalue weighted by Crippen LogP contribution is -2.22. The van der Waals surface area contributed by atoms with Crippen LogP contribution in [0.1, 0.15) is 22.4 Å². The van der Waals surface area contributed by atoms with E-state index >= 15 is 0 Å². The third-order valence-corrected chi connectivity index (χ3v) is 3.47. The average Bonchev–Trinajstić information content (AvgIpc) is 2.38. The molecule has 96 valence electrons. The summed E-state index contributed by atoms with van der Waals surface area (Å²) in [6.45, 7) is 5.86. The normalized spacial score (nSPS) is 10.3. The predicted molar refractivity (Wildman–Crippen MR) is 76.0 cm³/mol. The molecule has 0 unspecified atom stereocenters. The Hall–Kier alpha value is -2.34. The molecule has 1 aromatic carbocycles. The first-order valence-electron chi connectivity index (χ1n) is 6.14. The van der Waals surface area contributed by atoms with Crippen LogP contribution in [0.4, 0.5) is 0 Å². The molecule has 2 rings (SSSR count). The van der Waals surface area contributed by atoms with Gasteiger partial charge in [-0.05, 0) is 38.0 Å². The van der Waals surface area contributed by atoms with Crippen LogP contribution in [-0.2, 0) is 7.05 Å². The quantitative estimate of drug-likeness (QED) is 0.783. The maximum absolute atomic E-state index is 12.2. The molecule has 2 aromatic rings. The van der Waals surface area contributed by atoms with Gasteiger partial charge >= 0.3 is 0 Å². The first kappa shape index (κ1) is 13.1. The summed E-state index contributed by atoms with van der Waals surface area (Å²) in [6, 6.07) is 10.0. The van der Waals surface area contributed by atoms with Crippen LogP contribution in [0, 0.1) is 32.1 Å². The fourth-order valence-electron chi connectivity index (χ4n) is 2.17. The van der Waals surface area contributed by atoms with Gasteiger partial charge in [-0.25, -0.2) is 0 Å². The van der Waals surface area contributed by atoms with Crippen LogP contribution in [0.5, 0.6) is 0 Å². The first-order valence-corrected chi connectivity index (χ1v) is 6.14. The molecule has 0 atom stereocenters. The number of benzene rings is 1. The molecule has 0 saturated heterocycles. The summed E-state index contributed by atoms with van der Waals surface area (Å²) in [5, 5.41) is 9.27. The summed E-state index contributed by atoms with van der Waals surface area (Å²) in [5.41, 5.74) is 4.68. The maximum atomic E-state index is 12.2. The van der Waals surface area contributed by atoms with Crippen molar-refractivity contribution >= 4 is 0 Å². The molecule has 0 radical (unpaired) electrons. The predicted octanol–water partition coefficient (Wildman–Crippen LogP) is 2.85. The number of nitriles is 1. The van der Waals surface area contributed by atoms with E-state index in [0.717, 1.165) is 27.9 Å². The van der Waals surface area contributed by atoms with Crippen molar-refractivity contribution in [3.05, 3.63) is 57.0 Å². The molecule has 19 heavy (non-hydrogen) atoms. The molecule has 1 heterocycles. The highest BCUT2D eigenvalue weighted by molar-refractivity contribution is 5.73. The SMILES string of the molecule is Cc1ccc(C)c(-c2cc(C)n(C)c(=O)c2C#N)c1. The minimum Gasteiger partial charge on any atom is -0.315 e. The summed E-state index contributed by atoms with van der Waals surface area (Å²) >= 11 is 0. The second-order valence-electron chi connectivity index (χ2n) is 4.87. The smallest absolute Gasteiger partial charge is 0.269 e. The van der Waals surface area contributed by atoms with Crippen LogP contribution < -0.4 is 5.56 Å². The zero-order chi connectivity index (χ0) is 14.2. The van der Waals surface area contributed by atoms with Crippen LogP contribution in [0.3, 0.4) is 0 Å². The molecule has 0 aliphatic rings. The van der Waals surface area contributed by atoms with Gasteiger partial charge in [-0.1, -0.05) is 23.8 Å². The van der Waals surface area contributed by atoms with Gasteiger partial charge in [0.15, 0.2) is 0 Å². The third kappa shape index (κ3) is 2.17. The Morgan fingerprint density at radius 2 is 1.79 bits per heavy atom. The van der Waals surface area contributed by atoms with E-state index in [1.165, 1.54) is 4.57 Å². The molecule has 0 bridgehead atoms. The largest absolute Gasteiger partial charge is 0.315 e. The van der Waals surface area contributed by atoms with Crippen LogP contribution >= 0.6 is 0 Å².